The van der Waals surface area contributed by atoms with E-state index in [0.717, 1.165) is 25.3 Å². The summed E-state index contributed by atoms with van der Waals surface area (Å²) in [6.07, 6.45) is -4.42. The summed E-state index contributed by atoms with van der Waals surface area (Å²) in [5.74, 6) is -6.68. The fraction of sp³-hybridized carbons (Fsp3) is 0.389. The first-order chi connectivity index (χ1) is 15.2. The number of nitrogens with two attached hydrogens (primary N) is 2. The van der Waals surface area contributed by atoms with Gasteiger partial charge >= 0.3 is 12.1 Å². The number of anilines is 1. The van der Waals surface area contributed by atoms with Gasteiger partial charge in [-0.15, -0.1) is 0 Å². The topological polar surface area (TPSA) is 139 Å². The molecule has 178 valence electrons. The number of amidine groups is 1. The van der Waals surface area contributed by atoms with Crippen LogP contribution in [0.25, 0.3) is 0 Å². The Hall–Kier alpha value is -3.65. The van der Waals surface area contributed by atoms with Crippen LogP contribution in [0.3, 0.4) is 0 Å². The molecule has 0 fully saturated rings. The number of carbonyl (C=O) groups is 1. The van der Waals surface area contributed by atoms with E-state index in [9.17, 15) is 31.1 Å². The molecule has 33 heavy (non-hydrogen) atoms. The summed E-state index contributed by atoms with van der Waals surface area (Å²) in [5.41, 5.74) is 7.13. The van der Waals surface area contributed by atoms with Crippen LogP contribution in [0.5, 0.6) is 5.88 Å². The fourth-order valence-corrected chi connectivity index (χ4v) is 2.86. The Morgan fingerprint density at radius 1 is 1.24 bits per heavy atom. The summed E-state index contributed by atoms with van der Waals surface area (Å²) in [6.45, 7) is -1.88. The first kappa shape index (κ1) is 24.0. The number of hydrogen-bond donors (Lipinski definition) is 2. The lowest BCUT2D eigenvalue weighted by molar-refractivity contribution is -0.154. The van der Waals surface area contributed by atoms with Crippen molar-refractivity contribution in [1.29, 1.82) is 0 Å². The molecule has 0 amide bonds. The van der Waals surface area contributed by atoms with Crippen molar-refractivity contribution in [3.63, 3.8) is 0 Å². The summed E-state index contributed by atoms with van der Waals surface area (Å²) in [5, 5.41) is 0. The number of ether oxygens (including phenoxy) is 2. The van der Waals surface area contributed by atoms with Crippen LogP contribution in [-0.2, 0) is 16.7 Å². The lowest BCUT2D eigenvalue weighted by atomic mass is 9.88. The molecule has 0 unspecified atom stereocenters. The summed E-state index contributed by atoms with van der Waals surface area (Å²) in [4.78, 5) is 27.1. The third kappa shape index (κ3) is 5.06. The van der Waals surface area contributed by atoms with E-state index in [1.165, 1.54) is 0 Å². The monoisotopic (exact) mass is 478 g/mol. The highest BCUT2D eigenvalue weighted by Gasteiger charge is 2.57. The zero-order chi connectivity index (χ0) is 24.6. The molecule has 15 heteroatoms. The van der Waals surface area contributed by atoms with E-state index in [0.29, 0.717) is 0 Å². The minimum atomic E-state index is -4.62. The van der Waals surface area contributed by atoms with Crippen LogP contribution in [0, 0.1) is 5.82 Å². The first-order valence-electron chi connectivity index (χ1n) is 9.09. The number of rotatable bonds is 6. The van der Waals surface area contributed by atoms with Gasteiger partial charge in [0, 0.05) is 5.69 Å². The number of aromatic nitrogens is 3. The van der Waals surface area contributed by atoms with Gasteiger partial charge in [0.25, 0.3) is 6.02 Å². The fourth-order valence-electron chi connectivity index (χ4n) is 2.86. The van der Waals surface area contributed by atoms with Gasteiger partial charge in [-0.2, -0.15) is 26.9 Å². The lowest BCUT2D eigenvalue weighted by Crippen LogP contribution is -2.51. The molecule has 1 atom stereocenters. The first-order valence-corrected chi connectivity index (χ1v) is 9.09. The van der Waals surface area contributed by atoms with E-state index in [1.54, 1.807) is 0 Å². The van der Waals surface area contributed by atoms with Crippen molar-refractivity contribution in [2.75, 3.05) is 18.9 Å². The van der Waals surface area contributed by atoms with Gasteiger partial charge in [-0.1, -0.05) is 0 Å². The highest BCUT2D eigenvalue weighted by molar-refractivity contribution is 5.99. The molecule has 2 aromatic rings. The number of nitrogen functional groups attached to an aromatic ring is 1. The van der Waals surface area contributed by atoms with Crippen LogP contribution in [-0.4, -0.2) is 52.1 Å². The Balaban J connectivity index is 1.85. The molecule has 0 bridgehead atoms. The number of hydrogen-bond acceptors (Lipinski definition) is 9. The summed E-state index contributed by atoms with van der Waals surface area (Å²) in [6, 6.07) is 1.33. The van der Waals surface area contributed by atoms with Crippen LogP contribution < -0.4 is 16.2 Å². The average Bonchev–Trinajstić information content (AvgIpc) is 2.70. The molecule has 4 N–H and O–H groups in total. The van der Waals surface area contributed by atoms with Gasteiger partial charge in [0.1, 0.15) is 17.2 Å². The van der Waals surface area contributed by atoms with E-state index >= 15 is 0 Å². The minimum Gasteiger partial charge on any atom is -0.467 e. The van der Waals surface area contributed by atoms with E-state index in [-0.39, 0.29) is 5.69 Å². The standard InChI is InChI=1S/C18H16F6N6O3/c1-16(17(20,21)6-33-15(26)30-16)13-9(19)3-2-8(28-13)4-10(31)12-14(25)29-11(5-27-12)32-7-18(22,23)24/h2-3,5H,4,6-7H2,1H3,(H2,25,29)(H2,26,30)/t16-/m1/s1. The van der Waals surface area contributed by atoms with Crippen molar-refractivity contribution in [3.8, 4) is 5.88 Å². The highest BCUT2D eigenvalue weighted by atomic mass is 19.4. The van der Waals surface area contributed by atoms with Crippen LogP contribution in [0.1, 0.15) is 28.8 Å². The average molecular weight is 478 g/mol. The second-order valence-electron chi connectivity index (χ2n) is 7.09. The van der Waals surface area contributed by atoms with Gasteiger partial charge in [-0.05, 0) is 19.1 Å². The molecule has 2 aromatic heterocycles. The Morgan fingerprint density at radius 3 is 2.58 bits per heavy atom. The van der Waals surface area contributed by atoms with Gasteiger partial charge < -0.3 is 20.9 Å². The lowest BCUT2D eigenvalue weighted by Gasteiger charge is -2.36. The Morgan fingerprint density at radius 2 is 1.94 bits per heavy atom. The summed E-state index contributed by atoms with van der Waals surface area (Å²) >= 11 is 0. The molecule has 1 aliphatic heterocycles. The van der Waals surface area contributed by atoms with Gasteiger partial charge in [-0.25, -0.2) is 14.4 Å². The molecular weight excluding hydrogens is 462 g/mol. The predicted molar refractivity (Wildman–Crippen MR) is 100 cm³/mol. The third-order valence-corrected chi connectivity index (χ3v) is 4.58. The van der Waals surface area contributed by atoms with Crippen molar-refractivity contribution in [3.05, 3.63) is 41.2 Å². The van der Waals surface area contributed by atoms with E-state index in [4.69, 9.17) is 11.5 Å². The second kappa shape index (κ2) is 8.37. The van der Waals surface area contributed by atoms with E-state index in [1.807, 2.05) is 0 Å². The summed E-state index contributed by atoms with van der Waals surface area (Å²) < 4.78 is 89.0. The molecular formula is C18H16F6N6O3. The van der Waals surface area contributed by atoms with Gasteiger partial charge in [0.2, 0.25) is 5.88 Å². The van der Waals surface area contributed by atoms with Crippen molar-refractivity contribution >= 4 is 17.6 Å². The van der Waals surface area contributed by atoms with Crippen LogP contribution >= 0.6 is 0 Å². The Kier molecular flexibility index (Phi) is 6.08. The maximum Gasteiger partial charge on any atom is 0.422 e. The number of alkyl halides is 5. The van der Waals surface area contributed by atoms with Crippen LogP contribution in [0.2, 0.25) is 0 Å². The number of pyridine rings is 1. The van der Waals surface area contributed by atoms with Crippen molar-refractivity contribution < 1.29 is 40.6 Å². The molecule has 9 nitrogen and oxygen atoms in total. The van der Waals surface area contributed by atoms with Gasteiger partial charge in [0.05, 0.1) is 12.6 Å². The maximum absolute atomic E-state index is 14.5. The van der Waals surface area contributed by atoms with Gasteiger partial charge in [-0.3, -0.25) is 9.78 Å². The Labute approximate surface area is 181 Å². The zero-order valence-corrected chi connectivity index (χ0v) is 16.8. The second-order valence-corrected chi connectivity index (χ2v) is 7.09. The number of aliphatic imine (C=N–C) groups is 1. The van der Waals surface area contributed by atoms with Crippen LogP contribution in [0.4, 0.5) is 32.2 Å². The molecule has 0 aromatic carbocycles. The van der Waals surface area contributed by atoms with Crippen molar-refractivity contribution in [2.24, 2.45) is 10.7 Å². The van der Waals surface area contributed by atoms with E-state index < -0.39 is 78.0 Å². The molecule has 3 rings (SSSR count). The molecule has 0 saturated carbocycles. The molecule has 0 aliphatic carbocycles. The number of carbonyl (C=O) groups excluding carboxylic acids is 1. The maximum atomic E-state index is 14.5. The van der Waals surface area contributed by atoms with Crippen LogP contribution in [0.15, 0.2) is 23.3 Å². The van der Waals surface area contributed by atoms with Crippen molar-refractivity contribution in [1.82, 2.24) is 15.0 Å². The number of halogens is 6. The summed E-state index contributed by atoms with van der Waals surface area (Å²) in [7, 11) is 0. The Bertz CT molecular complexity index is 1110. The minimum absolute atomic E-state index is 0.132. The number of nitrogens with zero attached hydrogens (tertiary/aromatic N) is 4. The van der Waals surface area contributed by atoms with Gasteiger partial charge in [0.15, 0.2) is 30.4 Å². The highest BCUT2D eigenvalue weighted by Crippen LogP contribution is 2.43. The molecule has 1 aliphatic rings. The third-order valence-electron chi connectivity index (χ3n) is 4.58. The SMILES string of the molecule is C[C@]1(c2nc(CC(=O)c3ncc(OCC(F)(F)F)nc3N)ccc2F)N=C(N)OCC1(F)F. The van der Waals surface area contributed by atoms with Crippen molar-refractivity contribution in [2.45, 2.75) is 31.0 Å². The van der Waals surface area contributed by atoms with E-state index in [2.05, 4.69) is 29.4 Å². The predicted octanol–water partition coefficient (Wildman–Crippen LogP) is 2.15. The number of Topliss-reactive ketones (excluding diaryl/α,β-unsaturated/α-hetero) is 1. The smallest absolute Gasteiger partial charge is 0.422 e. The molecule has 0 spiro atoms. The number of ketones is 1. The normalized spacial score (nSPS) is 20.0. The molecule has 0 radical (unpaired) electrons. The molecule has 0 saturated heterocycles. The largest absolute Gasteiger partial charge is 0.467 e. The zero-order valence-electron chi connectivity index (χ0n) is 16.8. The molecule has 3 heterocycles. The quantitative estimate of drug-likeness (QED) is 0.476.